The lowest BCUT2D eigenvalue weighted by atomic mass is 10.1. The van der Waals surface area contributed by atoms with E-state index in [2.05, 4.69) is 42.3 Å². The van der Waals surface area contributed by atoms with Crippen LogP contribution in [0.1, 0.15) is 28.6 Å². The number of nitrogens with zero attached hydrogens (tertiary/aromatic N) is 2. The van der Waals surface area contributed by atoms with Crippen LogP contribution in [-0.2, 0) is 4.79 Å². The lowest BCUT2D eigenvalue weighted by molar-refractivity contribution is -0.133. The molecule has 0 spiro atoms. The van der Waals surface area contributed by atoms with Gasteiger partial charge in [-0.2, -0.15) is 0 Å². The van der Waals surface area contributed by atoms with Crippen LogP contribution in [0.5, 0.6) is 0 Å². The number of anilines is 1. The molecule has 1 aliphatic heterocycles. The molecule has 2 aromatic rings. The third-order valence-corrected chi connectivity index (χ3v) is 4.97. The normalized spacial score (nSPS) is 15.7. The van der Waals surface area contributed by atoms with Gasteiger partial charge in [0.1, 0.15) is 6.04 Å². The predicted octanol–water partition coefficient (Wildman–Crippen LogP) is 2.36. The van der Waals surface area contributed by atoms with Crippen LogP contribution in [-0.4, -0.2) is 48.9 Å². The van der Waals surface area contributed by atoms with E-state index in [-0.39, 0.29) is 17.6 Å². The Morgan fingerprint density at radius 2 is 1.81 bits per heavy atom. The van der Waals surface area contributed by atoms with Crippen molar-refractivity contribution in [1.29, 1.82) is 0 Å². The van der Waals surface area contributed by atoms with Crippen molar-refractivity contribution >= 4 is 17.5 Å². The highest BCUT2D eigenvalue weighted by molar-refractivity contribution is 5.95. The van der Waals surface area contributed by atoms with Crippen molar-refractivity contribution in [3.8, 4) is 0 Å². The van der Waals surface area contributed by atoms with E-state index in [1.807, 2.05) is 4.90 Å². The Hall–Kier alpha value is -2.76. The number of carbonyl (C=O) groups is 2. The highest BCUT2D eigenvalue weighted by Gasteiger charge is 2.27. The van der Waals surface area contributed by atoms with Gasteiger partial charge in [0.2, 0.25) is 5.91 Å². The first kappa shape index (κ1) is 18.0. The monoisotopic (exact) mass is 355 g/mol. The average molecular weight is 355 g/mol. The van der Waals surface area contributed by atoms with Gasteiger partial charge in [-0.1, -0.05) is 12.1 Å². The average Bonchev–Trinajstić information content (AvgIpc) is 3.18. The zero-order valence-electron chi connectivity index (χ0n) is 15.5. The Bertz CT molecular complexity index is 778. The molecule has 0 aliphatic carbocycles. The lowest BCUT2D eigenvalue weighted by Crippen LogP contribution is -2.54. The van der Waals surface area contributed by atoms with Crippen LogP contribution in [0.3, 0.4) is 0 Å². The number of benzene rings is 1. The van der Waals surface area contributed by atoms with E-state index in [1.54, 1.807) is 19.1 Å². The third kappa shape index (κ3) is 3.74. The Morgan fingerprint density at radius 1 is 1.08 bits per heavy atom. The number of aryl methyl sites for hydroxylation is 1. The van der Waals surface area contributed by atoms with E-state index in [0.717, 1.165) is 13.1 Å². The molecule has 2 amide bonds. The van der Waals surface area contributed by atoms with Crippen molar-refractivity contribution < 1.29 is 14.0 Å². The molecule has 0 saturated carbocycles. The standard InChI is InChI=1S/C20H25N3O3/c1-14-6-4-7-17(15(14)2)22-9-11-23(12-10-22)20(25)16(3)21-19(24)18-8-5-13-26-18/h4-8,13,16H,9-12H2,1-3H3,(H,21,24). The molecule has 6 heteroatoms. The van der Waals surface area contributed by atoms with Crippen LogP contribution in [0, 0.1) is 13.8 Å². The summed E-state index contributed by atoms with van der Waals surface area (Å²) in [5, 5.41) is 2.70. The number of piperazine rings is 1. The largest absolute Gasteiger partial charge is 0.459 e. The summed E-state index contributed by atoms with van der Waals surface area (Å²) < 4.78 is 5.06. The maximum absolute atomic E-state index is 12.6. The molecule has 1 aliphatic rings. The molecule has 138 valence electrons. The molecule has 1 aromatic carbocycles. The number of hydrogen-bond acceptors (Lipinski definition) is 4. The maximum Gasteiger partial charge on any atom is 0.287 e. The summed E-state index contributed by atoms with van der Waals surface area (Å²) in [6, 6.07) is 8.96. The number of furan rings is 1. The Morgan fingerprint density at radius 3 is 2.46 bits per heavy atom. The van der Waals surface area contributed by atoms with Gasteiger partial charge < -0.3 is 19.5 Å². The highest BCUT2D eigenvalue weighted by atomic mass is 16.3. The topological polar surface area (TPSA) is 65.8 Å². The second kappa shape index (κ2) is 7.64. The summed E-state index contributed by atoms with van der Waals surface area (Å²) in [6.07, 6.45) is 1.44. The zero-order chi connectivity index (χ0) is 18.7. The SMILES string of the molecule is Cc1cccc(N2CCN(C(=O)C(C)NC(=O)c3ccco3)CC2)c1C. The van der Waals surface area contributed by atoms with Crippen molar-refractivity contribution in [2.75, 3.05) is 31.1 Å². The second-order valence-corrected chi connectivity index (χ2v) is 6.70. The van der Waals surface area contributed by atoms with E-state index in [9.17, 15) is 9.59 Å². The molecule has 3 rings (SSSR count). The van der Waals surface area contributed by atoms with Gasteiger partial charge in [0, 0.05) is 31.9 Å². The van der Waals surface area contributed by atoms with Crippen molar-refractivity contribution in [3.05, 3.63) is 53.5 Å². The van der Waals surface area contributed by atoms with Gasteiger partial charge in [-0.3, -0.25) is 9.59 Å². The van der Waals surface area contributed by atoms with E-state index in [4.69, 9.17) is 4.42 Å². The number of rotatable bonds is 4. The Kier molecular flexibility index (Phi) is 5.30. The number of nitrogens with one attached hydrogen (secondary N) is 1. The van der Waals surface area contributed by atoms with Crippen LogP contribution in [0.15, 0.2) is 41.0 Å². The summed E-state index contributed by atoms with van der Waals surface area (Å²) >= 11 is 0. The van der Waals surface area contributed by atoms with Gasteiger partial charge in [0.25, 0.3) is 5.91 Å². The molecule has 6 nitrogen and oxygen atoms in total. The summed E-state index contributed by atoms with van der Waals surface area (Å²) in [4.78, 5) is 28.8. The molecule has 1 fully saturated rings. The van der Waals surface area contributed by atoms with Crippen molar-refractivity contribution in [2.45, 2.75) is 26.8 Å². The quantitative estimate of drug-likeness (QED) is 0.914. The first-order chi connectivity index (χ1) is 12.5. The number of carbonyl (C=O) groups excluding carboxylic acids is 2. The van der Waals surface area contributed by atoms with Crippen LogP contribution >= 0.6 is 0 Å². The van der Waals surface area contributed by atoms with E-state index >= 15 is 0 Å². The molecule has 1 atom stereocenters. The van der Waals surface area contributed by atoms with Crippen LogP contribution < -0.4 is 10.2 Å². The van der Waals surface area contributed by atoms with Crippen LogP contribution in [0.2, 0.25) is 0 Å². The van der Waals surface area contributed by atoms with E-state index in [1.165, 1.54) is 23.1 Å². The molecule has 1 aromatic heterocycles. The van der Waals surface area contributed by atoms with Crippen LogP contribution in [0.4, 0.5) is 5.69 Å². The predicted molar refractivity (Wildman–Crippen MR) is 100 cm³/mol. The molecule has 0 bridgehead atoms. The minimum absolute atomic E-state index is 0.0643. The molecule has 2 heterocycles. The molecule has 26 heavy (non-hydrogen) atoms. The number of hydrogen-bond donors (Lipinski definition) is 1. The molecular formula is C20H25N3O3. The van der Waals surface area contributed by atoms with Gasteiger partial charge >= 0.3 is 0 Å². The molecular weight excluding hydrogens is 330 g/mol. The summed E-state index contributed by atoms with van der Waals surface area (Å²) in [7, 11) is 0. The highest BCUT2D eigenvalue weighted by Crippen LogP contribution is 2.24. The lowest BCUT2D eigenvalue weighted by Gasteiger charge is -2.38. The van der Waals surface area contributed by atoms with Crippen molar-refractivity contribution in [2.24, 2.45) is 0 Å². The first-order valence-electron chi connectivity index (χ1n) is 8.91. The summed E-state index contributed by atoms with van der Waals surface area (Å²) in [6.45, 7) is 8.82. The van der Waals surface area contributed by atoms with Gasteiger partial charge in [0.15, 0.2) is 5.76 Å². The number of amides is 2. The summed E-state index contributed by atoms with van der Waals surface area (Å²) in [5.41, 5.74) is 3.79. The zero-order valence-corrected chi connectivity index (χ0v) is 15.5. The fourth-order valence-electron chi connectivity index (χ4n) is 3.26. The third-order valence-electron chi connectivity index (χ3n) is 4.97. The maximum atomic E-state index is 12.6. The second-order valence-electron chi connectivity index (χ2n) is 6.70. The van der Waals surface area contributed by atoms with Gasteiger partial charge in [-0.05, 0) is 50.1 Å². The Balaban J connectivity index is 1.56. The van der Waals surface area contributed by atoms with Crippen molar-refractivity contribution in [1.82, 2.24) is 10.2 Å². The fraction of sp³-hybridized carbons (Fsp3) is 0.400. The Labute approximate surface area is 153 Å². The smallest absolute Gasteiger partial charge is 0.287 e. The fourth-order valence-corrected chi connectivity index (χ4v) is 3.26. The molecule has 0 radical (unpaired) electrons. The van der Waals surface area contributed by atoms with Gasteiger partial charge in [-0.25, -0.2) is 0 Å². The first-order valence-corrected chi connectivity index (χ1v) is 8.91. The minimum Gasteiger partial charge on any atom is -0.459 e. The summed E-state index contributed by atoms with van der Waals surface area (Å²) in [5.74, 6) is -0.222. The van der Waals surface area contributed by atoms with E-state index in [0.29, 0.717) is 13.1 Å². The minimum atomic E-state index is -0.583. The molecule has 1 saturated heterocycles. The molecule has 1 N–H and O–H groups in total. The van der Waals surface area contributed by atoms with E-state index < -0.39 is 6.04 Å². The van der Waals surface area contributed by atoms with Gasteiger partial charge in [0.05, 0.1) is 6.26 Å². The van der Waals surface area contributed by atoms with Crippen molar-refractivity contribution in [3.63, 3.8) is 0 Å². The van der Waals surface area contributed by atoms with Gasteiger partial charge in [-0.15, -0.1) is 0 Å². The van der Waals surface area contributed by atoms with Crippen LogP contribution in [0.25, 0.3) is 0 Å². The molecule has 1 unspecified atom stereocenters.